The molecule has 0 atom stereocenters. The summed E-state index contributed by atoms with van der Waals surface area (Å²) in [4.78, 5) is 13.9. The zero-order valence-corrected chi connectivity index (χ0v) is 9.20. The number of ether oxygens (including phenoxy) is 1. The van der Waals surface area contributed by atoms with Crippen LogP contribution in [-0.4, -0.2) is 23.2 Å². The number of para-hydroxylation sites is 1. The predicted octanol–water partition coefficient (Wildman–Crippen LogP) is 2.11. The van der Waals surface area contributed by atoms with E-state index in [-0.39, 0.29) is 6.42 Å². The van der Waals surface area contributed by atoms with Crippen LogP contribution in [0.25, 0.3) is 10.9 Å². The van der Waals surface area contributed by atoms with Crippen LogP contribution in [0.4, 0.5) is 0 Å². The SMILES string of the molecule is COc1cccc2c(CC(=O)O)c(C)[nH]c12. The van der Waals surface area contributed by atoms with E-state index < -0.39 is 5.97 Å². The van der Waals surface area contributed by atoms with Crippen molar-refractivity contribution in [2.45, 2.75) is 13.3 Å². The Balaban J connectivity index is 2.66. The number of nitrogens with one attached hydrogen (secondary N) is 1. The third-order valence-corrected chi connectivity index (χ3v) is 2.66. The van der Waals surface area contributed by atoms with Crippen LogP contribution in [0.3, 0.4) is 0 Å². The number of aliphatic carboxylic acids is 1. The number of aryl methyl sites for hydroxylation is 1. The Kier molecular flexibility index (Phi) is 2.56. The minimum absolute atomic E-state index is 0.0268. The minimum Gasteiger partial charge on any atom is -0.495 e. The highest BCUT2D eigenvalue weighted by Crippen LogP contribution is 2.29. The number of rotatable bonds is 3. The molecule has 4 nitrogen and oxygen atoms in total. The van der Waals surface area contributed by atoms with Crippen LogP contribution in [0.1, 0.15) is 11.3 Å². The maximum absolute atomic E-state index is 10.8. The maximum Gasteiger partial charge on any atom is 0.307 e. The van der Waals surface area contributed by atoms with E-state index in [9.17, 15) is 4.79 Å². The van der Waals surface area contributed by atoms with E-state index in [4.69, 9.17) is 9.84 Å². The van der Waals surface area contributed by atoms with Crippen LogP contribution < -0.4 is 4.74 Å². The number of fused-ring (bicyclic) bond motifs is 1. The van der Waals surface area contributed by atoms with Gasteiger partial charge in [-0.3, -0.25) is 4.79 Å². The van der Waals surface area contributed by atoms with Crippen molar-refractivity contribution in [3.8, 4) is 5.75 Å². The predicted molar refractivity (Wildman–Crippen MR) is 60.9 cm³/mol. The summed E-state index contributed by atoms with van der Waals surface area (Å²) in [5.74, 6) is -0.0935. The van der Waals surface area contributed by atoms with Crippen molar-refractivity contribution in [3.05, 3.63) is 29.5 Å². The Hall–Kier alpha value is -1.97. The van der Waals surface area contributed by atoms with Crippen LogP contribution >= 0.6 is 0 Å². The lowest BCUT2D eigenvalue weighted by molar-refractivity contribution is -0.136. The van der Waals surface area contributed by atoms with Gasteiger partial charge in [0.2, 0.25) is 0 Å². The Bertz CT molecular complexity index is 542. The van der Waals surface area contributed by atoms with E-state index >= 15 is 0 Å². The molecule has 1 aromatic heterocycles. The highest BCUT2D eigenvalue weighted by Gasteiger charge is 2.13. The van der Waals surface area contributed by atoms with Gasteiger partial charge in [-0.05, 0) is 18.6 Å². The summed E-state index contributed by atoms with van der Waals surface area (Å²) >= 11 is 0. The molecule has 0 radical (unpaired) electrons. The smallest absolute Gasteiger partial charge is 0.307 e. The number of benzene rings is 1. The fourth-order valence-corrected chi connectivity index (χ4v) is 1.93. The molecule has 0 fully saturated rings. The van der Waals surface area contributed by atoms with Crippen molar-refractivity contribution >= 4 is 16.9 Å². The number of aromatic amines is 1. The zero-order chi connectivity index (χ0) is 11.7. The lowest BCUT2D eigenvalue weighted by Gasteiger charge is -2.01. The quantitative estimate of drug-likeness (QED) is 0.831. The fraction of sp³-hybridized carbons (Fsp3) is 0.250. The summed E-state index contributed by atoms with van der Waals surface area (Å²) < 4.78 is 5.22. The first-order valence-corrected chi connectivity index (χ1v) is 4.99. The highest BCUT2D eigenvalue weighted by atomic mass is 16.5. The van der Waals surface area contributed by atoms with Crippen molar-refractivity contribution in [1.82, 2.24) is 4.98 Å². The van der Waals surface area contributed by atoms with Crippen molar-refractivity contribution in [3.63, 3.8) is 0 Å². The topological polar surface area (TPSA) is 62.3 Å². The molecular formula is C12H13NO3. The van der Waals surface area contributed by atoms with Crippen molar-refractivity contribution in [2.75, 3.05) is 7.11 Å². The van der Waals surface area contributed by atoms with Gasteiger partial charge in [-0.1, -0.05) is 12.1 Å². The van der Waals surface area contributed by atoms with Crippen LogP contribution in [0, 0.1) is 6.92 Å². The third kappa shape index (κ3) is 1.62. The first-order chi connectivity index (χ1) is 7.63. The van der Waals surface area contributed by atoms with Gasteiger partial charge in [0.25, 0.3) is 0 Å². The molecule has 0 aliphatic rings. The Morgan fingerprint density at radius 3 is 2.88 bits per heavy atom. The summed E-state index contributed by atoms with van der Waals surface area (Å²) in [5.41, 5.74) is 2.56. The third-order valence-electron chi connectivity index (χ3n) is 2.66. The number of hydrogen-bond donors (Lipinski definition) is 2. The average molecular weight is 219 g/mol. The molecule has 2 N–H and O–H groups in total. The molecule has 0 bridgehead atoms. The zero-order valence-electron chi connectivity index (χ0n) is 9.20. The number of methoxy groups -OCH3 is 1. The molecule has 0 unspecified atom stereocenters. The van der Waals surface area contributed by atoms with Crippen LogP contribution in [-0.2, 0) is 11.2 Å². The lowest BCUT2D eigenvalue weighted by atomic mass is 10.1. The second kappa shape index (κ2) is 3.89. The number of carbonyl (C=O) groups is 1. The standard InChI is InChI=1S/C12H13NO3/c1-7-9(6-11(14)15)8-4-3-5-10(16-2)12(8)13-7/h3-5,13H,6H2,1-2H3,(H,14,15). The average Bonchev–Trinajstić information content (AvgIpc) is 2.55. The number of carboxylic acids is 1. The molecule has 0 aliphatic heterocycles. The van der Waals surface area contributed by atoms with E-state index in [1.807, 2.05) is 25.1 Å². The second-order valence-electron chi connectivity index (χ2n) is 3.68. The van der Waals surface area contributed by atoms with Gasteiger partial charge in [-0.2, -0.15) is 0 Å². The molecule has 0 saturated heterocycles. The Labute approximate surface area is 92.9 Å². The second-order valence-corrected chi connectivity index (χ2v) is 3.68. The van der Waals surface area contributed by atoms with Crippen LogP contribution in [0.2, 0.25) is 0 Å². The summed E-state index contributed by atoms with van der Waals surface area (Å²) in [6, 6.07) is 5.61. The van der Waals surface area contributed by atoms with Gasteiger partial charge in [0.1, 0.15) is 5.75 Å². The van der Waals surface area contributed by atoms with E-state index in [1.165, 1.54) is 0 Å². The Morgan fingerprint density at radius 2 is 2.25 bits per heavy atom. The minimum atomic E-state index is -0.827. The van der Waals surface area contributed by atoms with Gasteiger partial charge < -0.3 is 14.8 Å². The number of H-pyrrole nitrogens is 1. The fourth-order valence-electron chi connectivity index (χ4n) is 1.93. The van der Waals surface area contributed by atoms with Gasteiger partial charge in [0.05, 0.1) is 19.0 Å². The summed E-state index contributed by atoms with van der Waals surface area (Å²) in [6.45, 7) is 1.87. The summed E-state index contributed by atoms with van der Waals surface area (Å²) in [5, 5.41) is 9.77. The van der Waals surface area contributed by atoms with Crippen molar-refractivity contribution < 1.29 is 14.6 Å². The number of hydrogen-bond acceptors (Lipinski definition) is 2. The molecule has 2 rings (SSSR count). The number of aromatic nitrogens is 1. The molecule has 0 aliphatic carbocycles. The molecule has 0 amide bonds. The molecule has 1 aromatic carbocycles. The van der Waals surface area contributed by atoms with Crippen LogP contribution in [0.5, 0.6) is 5.75 Å². The van der Waals surface area contributed by atoms with Crippen molar-refractivity contribution in [2.24, 2.45) is 0 Å². The Morgan fingerprint density at radius 1 is 1.50 bits per heavy atom. The van der Waals surface area contributed by atoms with Gasteiger partial charge in [-0.15, -0.1) is 0 Å². The monoisotopic (exact) mass is 219 g/mol. The maximum atomic E-state index is 10.8. The number of carboxylic acid groups (broad SMARTS) is 1. The summed E-state index contributed by atoms with van der Waals surface area (Å²) in [7, 11) is 1.60. The highest BCUT2D eigenvalue weighted by molar-refractivity contribution is 5.92. The molecule has 4 heteroatoms. The largest absolute Gasteiger partial charge is 0.495 e. The molecule has 1 heterocycles. The molecule has 0 spiro atoms. The molecule has 84 valence electrons. The first kappa shape index (κ1) is 10.5. The van der Waals surface area contributed by atoms with E-state index in [0.29, 0.717) is 0 Å². The molecule has 2 aromatic rings. The van der Waals surface area contributed by atoms with E-state index in [0.717, 1.165) is 27.9 Å². The van der Waals surface area contributed by atoms with Gasteiger partial charge in [-0.25, -0.2) is 0 Å². The first-order valence-electron chi connectivity index (χ1n) is 4.99. The lowest BCUT2D eigenvalue weighted by Crippen LogP contribution is -2.00. The van der Waals surface area contributed by atoms with E-state index in [2.05, 4.69) is 4.98 Å². The van der Waals surface area contributed by atoms with Gasteiger partial charge >= 0.3 is 5.97 Å². The molecule has 16 heavy (non-hydrogen) atoms. The normalized spacial score (nSPS) is 10.6. The van der Waals surface area contributed by atoms with Gasteiger partial charge in [0, 0.05) is 11.1 Å². The van der Waals surface area contributed by atoms with Crippen LogP contribution in [0.15, 0.2) is 18.2 Å². The summed E-state index contributed by atoms with van der Waals surface area (Å²) in [6.07, 6.45) is 0.0268. The van der Waals surface area contributed by atoms with Gasteiger partial charge in [0.15, 0.2) is 0 Å². The van der Waals surface area contributed by atoms with Crippen molar-refractivity contribution in [1.29, 1.82) is 0 Å². The molecular weight excluding hydrogens is 206 g/mol. The molecule has 0 saturated carbocycles. The van der Waals surface area contributed by atoms with E-state index in [1.54, 1.807) is 7.11 Å².